The molecule has 21 heavy (non-hydrogen) atoms. The van der Waals surface area contributed by atoms with Crippen molar-refractivity contribution < 1.29 is 0 Å². The van der Waals surface area contributed by atoms with E-state index in [1.54, 1.807) is 0 Å². The average molecular weight is 283 g/mol. The molecule has 1 aliphatic carbocycles. The summed E-state index contributed by atoms with van der Waals surface area (Å²) in [5.74, 6) is 0. The van der Waals surface area contributed by atoms with Crippen LogP contribution in [0.1, 0.15) is 36.9 Å². The third-order valence-electron chi connectivity index (χ3n) is 4.69. The van der Waals surface area contributed by atoms with Crippen LogP contribution in [0.4, 0.5) is 0 Å². The predicted octanol–water partition coefficient (Wildman–Crippen LogP) is 3.24. The van der Waals surface area contributed by atoms with Gasteiger partial charge in [-0.25, -0.2) is 0 Å². The van der Waals surface area contributed by atoms with Gasteiger partial charge in [-0.2, -0.15) is 0 Å². The minimum atomic E-state index is 0.421. The zero-order valence-electron chi connectivity index (χ0n) is 13.0. The molecule has 0 saturated heterocycles. The van der Waals surface area contributed by atoms with Crippen LogP contribution in [-0.4, -0.2) is 29.0 Å². The molecule has 1 aromatic carbocycles. The van der Waals surface area contributed by atoms with Crippen LogP contribution in [0.15, 0.2) is 30.3 Å². The summed E-state index contributed by atoms with van der Waals surface area (Å²) in [6.07, 6.45) is 4.78. The quantitative estimate of drug-likeness (QED) is 0.940. The topological polar surface area (TPSA) is 42.1 Å². The van der Waals surface area contributed by atoms with Gasteiger partial charge in [-0.05, 0) is 63.4 Å². The van der Waals surface area contributed by atoms with Crippen LogP contribution in [0, 0.1) is 6.92 Å². The minimum Gasteiger partial charge on any atom is -0.328 e. The largest absolute Gasteiger partial charge is 0.328 e. The summed E-state index contributed by atoms with van der Waals surface area (Å²) in [6.45, 7) is 3.04. The lowest BCUT2D eigenvalue weighted by atomic mass is 9.91. The van der Waals surface area contributed by atoms with Crippen molar-refractivity contribution >= 4 is 10.9 Å². The van der Waals surface area contributed by atoms with Crippen molar-refractivity contribution in [1.29, 1.82) is 0 Å². The molecule has 3 heteroatoms. The molecule has 1 fully saturated rings. The van der Waals surface area contributed by atoms with Crippen LogP contribution in [0.5, 0.6) is 0 Å². The van der Waals surface area contributed by atoms with Gasteiger partial charge in [0.25, 0.3) is 0 Å². The first kappa shape index (κ1) is 14.5. The third-order valence-corrected chi connectivity index (χ3v) is 4.69. The van der Waals surface area contributed by atoms with E-state index in [9.17, 15) is 0 Å². The molecule has 1 aromatic heterocycles. The van der Waals surface area contributed by atoms with Crippen LogP contribution >= 0.6 is 0 Å². The normalized spacial score (nSPS) is 22.9. The first-order valence-electron chi connectivity index (χ1n) is 7.94. The van der Waals surface area contributed by atoms with E-state index in [0.29, 0.717) is 12.1 Å². The zero-order valence-corrected chi connectivity index (χ0v) is 13.0. The van der Waals surface area contributed by atoms with Crippen LogP contribution in [0.25, 0.3) is 10.9 Å². The van der Waals surface area contributed by atoms with E-state index in [1.165, 1.54) is 23.8 Å². The van der Waals surface area contributed by atoms with E-state index in [2.05, 4.69) is 47.3 Å². The van der Waals surface area contributed by atoms with Gasteiger partial charge in [0.2, 0.25) is 0 Å². The van der Waals surface area contributed by atoms with E-state index in [1.807, 2.05) is 6.92 Å². The Morgan fingerprint density at radius 3 is 2.67 bits per heavy atom. The van der Waals surface area contributed by atoms with Gasteiger partial charge in [0, 0.05) is 29.7 Å². The fourth-order valence-electron chi connectivity index (χ4n) is 3.33. The highest BCUT2D eigenvalue weighted by Crippen LogP contribution is 2.23. The van der Waals surface area contributed by atoms with Crippen molar-refractivity contribution in [3.63, 3.8) is 0 Å². The molecule has 112 valence electrons. The minimum absolute atomic E-state index is 0.421. The number of aryl methyl sites for hydroxylation is 1. The highest BCUT2D eigenvalue weighted by molar-refractivity contribution is 5.79. The summed E-state index contributed by atoms with van der Waals surface area (Å²) in [4.78, 5) is 7.05. The number of rotatable bonds is 3. The van der Waals surface area contributed by atoms with E-state index < -0.39 is 0 Å². The fourth-order valence-corrected chi connectivity index (χ4v) is 3.33. The van der Waals surface area contributed by atoms with Crippen molar-refractivity contribution in [2.24, 2.45) is 5.73 Å². The van der Waals surface area contributed by atoms with Crippen molar-refractivity contribution in [3.8, 4) is 0 Å². The summed E-state index contributed by atoms with van der Waals surface area (Å²) in [7, 11) is 2.24. The first-order chi connectivity index (χ1) is 10.1. The summed E-state index contributed by atoms with van der Waals surface area (Å²) in [5.41, 5.74) is 9.53. The van der Waals surface area contributed by atoms with E-state index in [-0.39, 0.29) is 0 Å². The average Bonchev–Trinajstić information content (AvgIpc) is 2.48. The van der Waals surface area contributed by atoms with E-state index in [4.69, 9.17) is 5.73 Å². The molecule has 3 nitrogen and oxygen atoms in total. The first-order valence-corrected chi connectivity index (χ1v) is 7.94. The second kappa shape index (κ2) is 6.12. The molecule has 2 aromatic rings. The lowest BCUT2D eigenvalue weighted by Gasteiger charge is -2.33. The van der Waals surface area contributed by atoms with Crippen LogP contribution < -0.4 is 5.73 Å². The summed E-state index contributed by atoms with van der Waals surface area (Å²) >= 11 is 0. The fraction of sp³-hybridized carbons (Fsp3) is 0.500. The Bertz CT molecular complexity index is 615. The lowest BCUT2D eigenvalue weighted by Crippen LogP contribution is -2.38. The lowest BCUT2D eigenvalue weighted by molar-refractivity contribution is 0.176. The van der Waals surface area contributed by atoms with Crippen molar-refractivity contribution in [2.45, 2.75) is 51.2 Å². The number of nitrogens with two attached hydrogens (primary N) is 1. The van der Waals surface area contributed by atoms with Crippen LogP contribution in [0.2, 0.25) is 0 Å². The number of hydrogen-bond donors (Lipinski definition) is 1. The van der Waals surface area contributed by atoms with Crippen LogP contribution in [0.3, 0.4) is 0 Å². The van der Waals surface area contributed by atoms with E-state index >= 15 is 0 Å². The molecule has 1 heterocycles. The number of pyridine rings is 1. The zero-order chi connectivity index (χ0) is 14.8. The van der Waals surface area contributed by atoms with Crippen molar-refractivity contribution in [2.75, 3.05) is 7.05 Å². The van der Waals surface area contributed by atoms with Crippen molar-refractivity contribution in [1.82, 2.24) is 9.88 Å². The Labute approximate surface area is 127 Å². The van der Waals surface area contributed by atoms with Gasteiger partial charge in [0.1, 0.15) is 0 Å². The number of aromatic nitrogens is 1. The molecule has 0 aliphatic heterocycles. The van der Waals surface area contributed by atoms with Gasteiger partial charge in [-0.1, -0.05) is 12.1 Å². The van der Waals surface area contributed by atoms with Gasteiger partial charge in [-0.3, -0.25) is 9.88 Å². The maximum Gasteiger partial charge on any atom is 0.0705 e. The SMILES string of the molecule is Cc1ccc2cc(CN(C)C3CCC(N)CC3)ccc2n1. The second-order valence-electron chi connectivity index (χ2n) is 6.46. The Morgan fingerprint density at radius 1 is 1.14 bits per heavy atom. The van der Waals surface area contributed by atoms with Crippen LogP contribution in [-0.2, 0) is 6.54 Å². The Kier molecular flexibility index (Phi) is 4.22. The maximum atomic E-state index is 6.00. The summed E-state index contributed by atoms with van der Waals surface area (Å²) in [5, 5.41) is 1.23. The standard InChI is InChI=1S/C18H25N3/c1-13-3-5-15-11-14(4-10-18(15)20-13)12-21(2)17-8-6-16(19)7-9-17/h3-5,10-11,16-17H,6-9,12,19H2,1-2H3. The number of nitrogens with zero attached hydrogens (tertiary/aromatic N) is 2. The van der Waals surface area contributed by atoms with Gasteiger partial charge >= 0.3 is 0 Å². The Morgan fingerprint density at radius 2 is 1.90 bits per heavy atom. The molecule has 1 saturated carbocycles. The third kappa shape index (κ3) is 3.42. The monoisotopic (exact) mass is 283 g/mol. The van der Waals surface area contributed by atoms with Gasteiger partial charge < -0.3 is 5.73 Å². The molecule has 0 bridgehead atoms. The van der Waals surface area contributed by atoms with E-state index in [0.717, 1.165) is 30.6 Å². The molecule has 0 atom stereocenters. The smallest absolute Gasteiger partial charge is 0.0705 e. The Balaban J connectivity index is 1.71. The molecule has 3 rings (SSSR count). The Hall–Kier alpha value is -1.45. The van der Waals surface area contributed by atoms with Crippen molar-refractivity contribution in [3.05, 3.63) is 41.6 Å². The number of benzene rings is 1. The summed E-state index contributed by atoms with van der Waals surface area (Å²) in [6, 6.07) is 12.0. The molecular formula is C18H25N3. The molecular weight excluding hydrogens is 258 g/mol. The second-order valence-corrected chi connectivity index (χ2v) is 6.46. The molecule has 1 aliphatic rings. The van der Waals surface area contributed by atoms with Gasteiger partial charge in [0.05, 0.1) is 5.52 Å². The highest BCUT2D eigenvalue weighted by atomic mass is 15.1. The highest BCUT2D eigenvalue weighted by Gasteiger charge is 2.21. The number of fused-ring (bicyclic) bond motifs is 1. The predicted molar refractivity (Wildman–Crippen MR) is 88.2 cm³/mol. The van der Waals surface area contributed by atoms with Gasteiger partial charge in [0.15, 0.2) is 0 Å². The molecule has 0 radical (unpaired) electrons. The molecule has 0 unspecified atom stereocenters. The van der Waals surface area contributed by atoms with Gasteiger partial charge in [-0.15, -0.1) is 0 Å². The molecule has 2 N–H and O–H groups in total. The molecule has 0 amide bonds. The molecule has 0 spiro atoms. The summed E-state index contributed by atoms with van der Waals surface area (Å²) < 4.78 is 0. The number of hydrogen-bond acceptors (Lipinski definition) is 3. The maximum absolute atomic E-state index is 6.00.